The van der Waals surface area contributed by atoms with Crippen molar-refractivity contribution in [3.05, 3.63) is 70.9 Å². The largest absolute Gasteiger partial charge is 0.483 e. The molecule has 8 nitrogen and oxygen atoms in total. The number of sulfone groups is 1. The predicted octanol–water partition coefficient (Wildman–Crippen LogP) is 4.30. The highest BCUT2D eigenvalue weighted by atomic mass is 32.2. The van der Waals surface area contributed by atoms with Gasteiger partial charge in [0.15, 0.2) is 27.9 Å². The van der Waals surface area contributed by atoms with Crippen molar-refractivity contribution in [3.63, 3.8) is 0 Å². The van der Waals surface area contributed by atoms with Gasteiger partial charge in [0.1, 0.15) is 10.6 Å². The van der Waals surface area contributed by atoms with Crippen LogP contribution in [0.1, 0.15) is 12.5 Å². The molecule has 0 saturated carbocycles. The third-order valence-corrected chi connectivity index (χ3v) is 6.92. The lowest BCUT2D eigenvalue weighted by atomic mass is 10.1. The van der Waals surface area contributed by atoms with Crippen molar-refractivity contribution in [1.82, 2.24) is 19.2 Å². The van der Waals surface area contributed by atoms with Crippen molar-refractivity contribution in [2.45, 2.75) is 24.2 Å². The van der Waals surface area contributed by atoms with Gasteiger partial charge in [-0.15, -0.1) is 5.10 Å². The lowest BCUT2D eigenvalue weighted by Gasteiger charge is -2.11. The Morgan fingerprint density at radius 1 is 0.973 bits per heavy atom. The molecule has 0 atom stereocenters. The Labute approximate surface area is 204 Å². The number of nitrogens with zero attached hydrogens (tertiary/aromatic N) is 4. The molecule has 0 N–H and O–H groups in total. The van der Waals surface area contributed by atoms with Crippen LogP contribution in [-0.2, 0) is 16.0 Å². The van der Waals surface area contributed by atoms with Crippen LogP contribution < -0.4 is 10.4 Å². The molecule has 0 amide bonds. The molecule has 0 aliphatic carbocycles. The minimum atomic E-state index is -4.60. The van der Waals surface area contributed by atoms with Crippen LogP contribution in [0.3, 0.4) is 0 Å². The quantitative estimate of drug-likeness (QED) is 0.335. The third kappa shape index (κ3) is 5.45. The van der Waals surface area contributed by atoms with Gasteiger partial charge >= 0.3 is 18.0 Å². The Balaban J connectivity index is 1.81. The van der Waals surface area contributed by atoms with Gasteiger partial charge in [0, 0.05) is 11.8 Å². The summed E-state index contributed by atoms with van der Waals surface area (Å²) in [5, 5.41) is 4.02. The van der Waals surface area contributed by atoms with Gasteiger partial charge in [0.25, 0.3) is 0 Å². The molecule has 15 heteroatoms. The molecule has 3 heterocycles. The zero-order chi connectivity index (χ0) is 27.2. The SMILES string of the molecule is CCS(=O)(=O)c1cc(-c2ccc(C(F)(F)F)cc2)cnc1-n1nc2ccc(OCC(F)(F)F)cn2c1=O. The van der Waals surface area contributed by atoms with E-state index in [4.69, 9.17) is 0 Å². The maximum absolute atomic E-state index is 13.0. The van der Waals surface area contributed by atoms with Crippen LogP contribution in [0.25, 0.3) is 22.6 Å². The number of benzene rings is 1. The summed E-state index contributed by atoms with van der Waals surface area (Å²) in [4.78, 5) is 16.6. The van der Waals surface area contributed by atoms with Crippen LogP contribution in [0.5, 0.6) is 5.75 Å². The molecular formula is C22H16F6N4O4S. The predicted molar refractivity (Wildman–Crippen MR) is 118 cm³/mol. The van der Waals surface area contributed by atoms with Gasteiger partial charge in [-0.3, -0.25) is 0 Å². The number of hydrogen-bond acceptors (Lipinski definition) is 6. The number of fused-ring (bicyclic) bond motifs is 1. The van der Waals surface area contributed by atoms with E-state index in [-0.39, 0.29) is 28.3 Å². The topological polar surface area (TPSA) is 95.6 Å². The second-order valence-electron chi connectivity index (χ2n) is 7.72. The summed E-state index contributed by atoms with van der Waals surface area (Å²) in [6.07, 6.45) is -7.02. The van der Waals surface area contributed by atoms with Crippen molar-refractivity contribution < 1.29 is 39.5 Å². The maximum atomic E-state index is 13.0. The molecule has 0 bridgehead atoms. The molecule has 0 fully saturated rings. The van der Waals surface area contributed by atoms with Gasteiger partial charge in [-0.05, 0) is 35.9 Å². The summed E-state index contributed by atoms with van der Waals surface area (Å²) in [7, 11) is -4.03. The van der Waals surface area contributed by atoms with E-state index in [1.807, 2.05) is 0 Å². The van der Waals surface area contributed by atoms with Crippen molar-refractivity contribution in [3.8, 4) is 22.7 Å². The van der Waals surface area contributed by atoms with Gasteiger partial charge in [0.2, 0.25) is 0 Å². The lowest BCUT2D eigenvalue weighted by Crippen LogP contribution is -2.23. The van der Waals surface area contributed by atoms with Gasteiger partial charge in [-0.2, -0.15) is 31.0 Å². The van der Waals surface area contributed by atoms with Gasteiger partial charge in [-0.1, -0.05) is 19.1 Å². The van der Waals surface area contributed by atoms with E-state index in [2.05, 4.69) is 14.8 Å². The van der Waals surface area contributed by atoms with Crippen LogP contribution in [0.2, 0.25) is 0 Å². The zero-order valence-electron chi connectivity index (χ0n) is 18.7. The fourth-order valence-corrected chi connectivity index (χ4v) is 4.37. The molecule has 0 aliphatic heterocycles. The number of ether oxygens (including phenoxy) is 1. The van der Waals surface area contributed by atoms with E-state index < -0.39 is 50.7 Å². The number of rotatable bonds is 6. The van der Waals surface area contributed by atoms with Crippen LogP contribution in [0.4, 0.5) is 26.3 Å². The highest BCUT2D eigenvalue weighted by Crippen LogP contribution is 2.32. The fraction of sp³-hybridized carbons (Fsp3) is 0.227. The van der Waals surface area contributed by atoms with Crippen LogP contribution in [-0.4, -0.2) is 46.1 Å². The van der Waals surface area contributed by atoms with Crippen molar-refractivity contribution in [2.75, 3.05) is 12.4 Å². The summed E-state index contributed by atoms with van der Waals surface area (Å²) in [6, 6.07) is 7.50. The molecule has 0 unspecified atom stereocenters. The van der Waals surface area contributed by atoms with E-state index >= 15 is 0 Å². The molecule has 196 valence electrons. The first-order valence-electron chi connectivity index (χ1n) is 10.4. The van der Waals surface area contributed by atoms with Crippen molar-refractivity contribution in [2.24, 2.45) is 0 Å². The maximum Gasteiger partial charge on any atom is 0.422 e. The number of halogens is 6. The summed E-state index contributed by atoms with van der Waals surface area (Å²) in [5.74, 6) is -1.06. The molecule has 0 spiro atoms. The summed E-state index contributed by atoms with van der Waals surface area (Å²) in [6.45, 7) is -0.242. The highest BCUT2D eigenvalue weighted by Gasteiger charge is 2.30. The normalized spacial score (nSPS) is 12.7. The number of pyridine rings is 2. The molecule has 1 aromatic carbocycles. The first kappa shape index (κ1) is 26.2. The Bertz CT molecular complexity index is 1620. The number of aromatic nitrogens is 4. The second-order valence-corrected chi connectivity index (χ2v) is 9.96. The summed E-state index contributed by atoms with van der Waals surface area (Å²) in [5.41, 5.74) is -1.44. The van der Waals surface area contributed by atoms with E-state index in [0.717, 1.165) is 47.0 Å². The number of hydrogen-bond donors (Lipinski definition) is 0. The van der Waals surface area contributed by atoms with Crippen molar-refractivity contribution >= 4 is 15.5 Å². The fourth-order valence-electron chi connectivity index (χ4n) is 3.33. The molecular weight excluding hydrogens is 530 g/mol. The third-order valence-electron chi connectivity index (χ3n) is 5.19. The molecule has 4 aromatic rings. The molecule has 0 saturated heterocycles. The smallest absolute Gasteiger partial charge is 0.422 e. The van der Waals surface area contributed by atoms with Gasteiger partial charge in [-0.25, -0.2) is 22.6 Å². The monoisotopic (exact) mass is 546 g/mol. The Morgan fingerprint density at radius 2 is 1.65 bits per heavy atom. The zero-order valence-corrected chi connectivity index (χ0v) is 19.5. The Kier molecular flexibility index (Phi) is 6.52. The molecule has 3 aromatic heterocycles. The van der Waals surface area contributed by atoms with Crippen molar-refractivity contribution in [1.29, 1.82) is 0 Å². The minimum absolute atomic E-state index is 0.0298. The first-order chi connectivity index (χ1) is 17.2. The summed E-state index contributed by atoms with van der Waals surface area (Å²) >= 11 is 0. The van der Waals surface area contributed by atoms with Crippen LogP contribution in [0.15, 0.2) is 64.5 Å². The van der Waals surface area contributed by atoms with E-state index in [9.17, 15) is 39.6 Å². The second kappa shape index (κ2) is 9.21. The van der Waals surface area contributed by atoms with E-state index in [0.29, 0.717) is 4.68 Å². The minimum Gasteiger partial charge on any atom is -0.483 e. The average Bonchev–Trinajstić information content (AvgIpc) is 3.17. The Morgan fingerprint density at radius 3 is 2.24 bits per heavy atom. The Hall–Kier alpha value is -3.88. The highest BCUT2D eigenvalue weighted by molar-refractivity contribution is 7.91. The van der Waals surface area contributed by atoms with Gasteiger partial charge in [0.05, 0.1) is 17.5 Å². The van der Waals surface area contributed by atoms with Crippen LogP contribution in [0, 0.1) is 0 Å². The standard InChI is InChI=1S/C22H16F6N4O4S/c1-2-37(34,35)17-9-14(13-3-5-15(6-4-13)22(26,27)28)10-29-19(17)32-20(33)31-11-16(7-8-18(31)30-32)36-12-21(23,24)25/h3-11H,2,12H2,1H3. The number of alkyl halides is 6. The van der Waals surface area contributed by atoms with Gasteiger partial charge < -0.3 is 4.74 Å². The molecule has 37 heavy (non-hydrogen) atoms. The average molecular weight is 546 g/mol. The molecule has 0 aliphatic rings. The van der Waals surface area contributed by atoms with Crippen LogP contribution >= 0.6 is 0 Å². The first-order valence-corrected chi connectivity index (χ1v) is 12.1. The molecule has 0 radical (unpaired) electrons. The molecule has 4 rings (SSSR count). The van der Waals surface area contributed by atoms with E-state index in [1.54, 1.807) is 0 Å². The lowest BCUT2D eigenvalue weighted by molar-refractivity contribution is -0.153. The summed E-state index contributed by atoms with van der Waals surface area (Å²) < 4.78 is 108. The van der Waals surface area contributed by atoms with E-state index in [1.165, 1.54) is 19.2 Å².